The van der Waals surface area contributed by atoms with E-state index in [0.29, 0.717) is 22.9 Å². The molecule has 3 atom stereocenters. The maximum absolute atomic E-state index is 12.8. The summed E-state index contributed by atoms with van der Waals surface area (Å²) in [7, 11) is -2.31. The number of para-hydroxylation sites is 1. The Morgan fingerprint density at radius 1 is 1.07 bits per heavy atom. The first-order chi connectivity index (χ1) is 20.1. The molecule has 0 saturated carbocycles. The van der Waals surface area contributed by atoms with Gasteiger partial charge in [0.25, 0.3) is 5.91 Å². The molecule has 0 bridgehead atoms. The summed E-state index contributed by atoms with van der Waals surface area (Å²) in [5, 5.41) is 7.98. The highest BCUT2D eigenvalue weighted by Gasteiger charge is 2.38. The molecule has 1 aliphatic heterocycles. The number of nitrogens with one attached hydrogen (secondary N) is 2. The first-order valence-electron chi connectivity index (χ1n) is 13.7. The van der Waals surface area contributed by atoms with Gasteiger partial charge in [0.1, 0.15) is 6.54 Å². The molecular formula is C32H34N4O5S. The lowest BCUT2D eigenvalue weighted by atomic mass is 9.76. The van der Waals surface area contributed by atoms with Crippen LogP contribution in [0.25, 0.3) is 0 Å². The van der Waals surface area contributed by atoms with E-state index in [1.807, 2.05) is 37.3 Å². The molecule has 3 aromatic rings. The molecule has 0 radical (unpaired) electrons. The Labute approximate surface area is 246 Å². The number of benzene rings is 3. The highest BCUT2D eigenvalue weighted by molar-refractivity contribution is 7.92. The second kappa shape index (κ2) is 11.8. The van der Waals surface area contributed by atoms with Gasteiger partial charge < -0.3 is 10.1 Å². The third-order valence-electron chi connectivity index (χ3n) is 7.89. The van der Waals surface area contributed by atoms with Crippen LogP contribution in [0.2, 0.25) is 0 Å². The topological polar surface area (TPSA) is 117 Å². The summed E-state index contributed by atoms with van der Waals surface area (Å²) >= 11 is 0. The van der Waals surface area contributed by atoms with Gasteiger partial charge in [0, 0.05) is 11.6 Å². The quantitative estimate of drug-likeness (QED) is 0.168. The molecule has 218 valence electrons. The number of fused-ring (bicyclic) bond motifs is 3. The molecular weight excluding hydrogens is 552 g/mol. The molecule has 2 N–H and O–H groups in total. The van der Waals surface area contributed by atoms with Crippen LogP contribution in [0.5, 0.6) is 0 Å². The van der Waals surface area contributed by atoms with Crippen LogP contribution in [0.4, 0.5) is 11.4 Å². The second-order valence-electron chi connectivity index (χ2n) is 10.7. The van der Waals surface area contributed by atoms with E-state index in [0.717, 1.165) is 44.9 Å². The number of hydrazone groups is 1. The fourth-order valence-corrected chi connectivity index (χ4v) is 6.61. The van der Waals surface area contributed by atoms with Crippen LogP contribution in [0, 0.1) is 12.8 Å². The van der Waals surface area contributed by atoms with Crippen molar-refractivity contribution in [2.75, 3.05) is 29.5 Å². The summed E-state index contributed by atoms with van der Waals surface area (Å²) in [6, 6.07) is 20.7. The van der Waals surface area contributed by atoms with Gasteiger partial charge in [-0.1, -0.05) is 48.6 Å². The lowest BCUT2D eigenvalue weighted by Gasteiger charge is -2.37. The van der Waals surface area contributed by atoms with Crippen molar-refractivity contribution in [1.29, 1.82) is 0 Å². The average molecular weight is 587 g/mol. The van der Waals surface area contributed by atoms with E-state index in [9.17, 15) is 18.0 Å². The van der Waals surface area contributed by atoms with Crippen molar-refractivity contribution in [2.45, 2.75) is 32.2 Å². The number of carbonyl (C=O) groups excluding carboxylic acids is 2. The molecule has 0 spiro atoms. The maximum Gasteiger partial charge on any atom is 0.337 e. The predicted octanol–water partition coefficient (Wildman–Crippen LogP) is 4.91. The van der Waals surface area contributed by atoms with Crippen molar-refractivity contribution < 1.29 is 22.7 Å². The standard InChI is InChI=1S/C32H34N4O5S/c1-20-8-5-6-11-29(20)36(42(4,39)40)19-30(37)35-34-21(2)24-16-17-28-27(18-24)25-9-7-10-26(25)31(33-28)22-12-14-23(15-13-22)32(38)41-3/h5-9,11-18,25-26,31,33H,10,19H2,1-4H3,(H,35,37)/b34-21+/t25-,26+,31+/m1/s1. The molecule has 2 aliphatic rings. The molecule has 10 heteroatoms. The van der Waals surface area contributed by atoms with Crippen LogP contribution < -0.4 is 15.0 Å². The smallest absolute Gasteiger partial charge is 0.337 e. The van der Waals surface area contributed by atoms with E-state index in [-0.39, 0.29) is 24.5 Å². The van der Waals surface area contributed by atoms with Crippen molar-refractivity contribution >= 4 is 39.0 Å². The monoisotopic (exact) mass is 586 g/mol. The van der Waals surface area contributed by atoms with Crippen molar-refractivity contribution in [3.05, 3.63) is 107 Å². The van der Waals surface area contributed by atoms with Gasteiger partial charge in [-0.15, -0.1) is 0 Å². The zero-order chi connectivity index (χ0) is 30.0. The third-order valence-corrected chi connectivity index (χ3v) is 9.02. The number of ether oxygens (including phenoxy) is 1. The Morgan fingerprint density at radius 2 is 1.79 bits per heavy atom. The number of rotatable bonds is 8. The SMILES string of the molecule is COC(=O)c1ccc([C@@H]2Nc3ccc(/C(C)=N/NC(=O)CN(c4ccccc4C)S(C)(=O)=O)cc3[C@@H]3C=CC[C@@H]32)cc1. The van der Waals surface area contributed by atoms with E-state index in [4.69, 9.17) is 4.74 Å². The molecule has 5 rings (SSSR count). The number of anilines is 2. The highest BCUT2D eigenvalue weighted by atomic mass is 32.2. The number of methoxy groups -OCH3 is 1. The number of hydrogen-bond acceptors (Lipinski definition) is 7. The van der Waals surface area contributed by atoms with Gasteiger partial charge in [-0.05, 0) is 78.8 Å². The fraction of sp³-hybridized carbons (Fsp3) is 0.281. The summed E-state index contributed by atoms with van der Waals surface area (Å²) in [5.74, 6) is -0.394. The number of allylic oxidation sites excluding steroid dienone is 2. The number of esters is 1. The van der Waals surface area contributed by atoms with Crippen LogP contribution in [0.15, 0.2) is 84.0 Å². The Hall–Kier alpha value is -4.44. The van der Waals surface area contributed by atoms with E-state index >= 15 is 0 Å². The van der Waals surface area contributed by atoms with E-state index in [1.165, 1.54) is 7.11 Å². The van der Waals surface area contributed by atoms with Crippen LogP contribution in [0.3, 0.4) is 0 Å². The first-order valence-corrected chi connectivity index (χ1v) is 15.5. The lowest BCUT2D eigenvalue weighted by molar-refractivity contribution is -0.119. The minimum Gasteiger partial charge on any atom is -0.465 e. The molecule has 9 nitrogen and oxygen atoms in total. The Morgan fingerprint density at radius 3 is 2.48 bits per heavy atom. The summed E-state index contributed by atoms with van der Waals surface area (Å²) < 4.78 is 30.8. The Kier molecular flexibility index (Phi) is 8.17. The zero-order valence-electron chi connectivity index (χ0n) is 24.0. The van der Waals surface area contributed by atoms with Crippen molar-refractivity contribution in [3.63, 3.8) is 0 Å². The van der Waals surface area contributed by atoms with E-state index < -0.39 is 15.9 Å². The van der Waals surface area contributed by atoms with Gasteiger partial charge in [-0.25, -0.2) is 18.6 Å². The number of aryl methyl sites for hydroxylation is 1. The fourth-order valence-electron chi connectivity index (χ4n) is 5.69. The largest absolute Gasteiger partial charge is 0.465 e. The first kappa shape index (κ1) is 29.1. The van der Waals surface area contributed by atoms with Crippen LogP contribution >= 0.6 is 0 Å². The number of sulfonamides is 1. The second-order valence-corrected chi connectivity index (χ2v) is 12.6. The Balaban J connectivity index is 1.32. The molecule has 0 saturated heterocycles. The molecule has 1 amide bonds. The predicted molar refractivity (Wildman–Crippen MR) is 164 cm³/mol. The van der Waals surface area contributed by atoms with Crippen molar-refractivity contribution in [2.24, 2.45) is 11.0 Å². The maximum atomic E-state index is 12.8. The lowest BCUT2D eigenvalue weighted by Crippen LogP contribution is -2.39. The van der Waals surface area contributed by atoms with Crippen molar-refractivity contribution in [1.82, 2.24) is 5.43 Å². The van der Waals surface area contributed by atoms with E-state index in [1.54, 1.807) is 37.3 Å². The van der Waals surface area contributed by atoms with Gasteiger partial charge in [0.05, 0.1) is 36.4 Å². The van der Waals surface area contributed by atoms with E-state index in [2.05, 4.69) is 34.1 Å². The third kappa shape index (κ3) is 5.94. The molecule has 3 aromatic carbocycles. The summed E-state index contributed by atoms with van der Waals surface area (Å²) in [6.07, 6.45) is 6.45. The molecule has 0 fully saturated rings. The summed E-state index contributed by atoms with van der Waals surface area (Å²) in [5.41, 5.74) is 8.98. The van der Waals surface area contributed by atoms with Crippen molar-refractivity contribution in [3.8, 4) is 0 Å². The highest BCUT2D eigenvalue weighted by Crippen LogP contribution is 2.50. The van der Waals surface area contributed by atoms with Gasteiger partial charge in [-0.2, -0.15) is 5.10 Å². The number of hydrogen-bond donors (Lipinski definition) is 2. The van der Waals surface area contributed by atoms with Gasteiger partial charge >= 0.3 is 5.97 Å². The molecule has 0 aromatic heterocycles. The minimum atomic E-state index is -3.69. The van der Waals surface area contributed by atoms with Gasteiger partial charge in [-0.3, -0.25) is 9.10 Å². The number of nitrogens with zero attached hydrogens (tertiary/aromatic N) is 2. The minimum absolute atomic E-state index is 0.0788. The molecule has 1 heterocycles. The zero-order valence-corrected chi connectivity index (χ0v) is 24.8. The normalized spacial score (nSPS) is 19.3. The van der Waals surface area contributed by atoms with Crippen LogP contribution in [-0.4, -0.2) is 45.9 Å². The average Bonchev–Trinajstić information content (AvgIpc) is 3.48. The number of carbonyl (C=O) groups is 2. The molecule has 42 heavy (non-hydrogen) atoms. The van der Waals surface area contributed by atoms with Crippen LogP contribution in [0.1, 0.15) is 57.9 Å². The Bertz CT molecular complexity index is 1680. The van der Waals surface area contributed by atoms with Gasteiger partial charge in [0.2, 0.25) is 10.0 Å². The molecule has 1 aliphatic carbocycles. The molecule has 0 unspecified atom stereocenters. The summed E-state index contributed by atoms with van der Waals surface area (Å²) in [4.78, 5) is 24.6. The van der Waals surface area contributed by atoms with Crippen LogP contribution in [-0.2, 0) is 19.6 Å². The van der Waals surface area contributed by atoms with Gasteiger partial charge in [0.15, 0.2) is 0 Å². The summed E-state index contributed by atoms with van der Waals surface area (Å²) in [6.45, 7) is 3.22. The number of amides is 1.